The van der Waals surface area contributed by atoms with Crippen LogP contribution in [0.4, 0.5) is 13.2 Å². The second-order valence-electron chi connectivity index (χ2n) is 4.02. The molecule has 0 aromatic heterocycles. The Bertz CT molecular complexity index is 352. The first-order chi connectivity index (χ1) is 9.01. The SMILES string of the molecule is COc1ccc(CCNCCOCC(F)(F)F)cc1. The van der Waals surface area contributed by atoms with Gasteiger partial charge in [-0.3, -0.25) is 0 Å². The van der Waals surface area contributed by atoms with E-state index >= 15 is 0 Å². The fourth-order valence-electron chi connectivity index (χ4n) is 1.48. The van der Waals surface area contributed by atoms with Crippen LogP contribution in [-0.4, -0.2) is 39.6 Å². The molecule has 0 fully saturated rings. The Morgan fingerprint density at radius 2 is 1.79 bits per heavy atom. The zero-order valence-electron chi connectivity index (χ0n) is 10.8. The van der Waals surface area contributed by atoms with E-state index in [0.717, 1.165) is 17.7 Å². The topological polar surface area (TPSA) is 30.5 Å². The molecule has 0 spiro atoms. The molecule has 6 heteroatoms. The van der Waals surface area contributed by atoms with Crippen molar-refractivity contribution in [1.82, 2.24) is 5.32 Å². The second-order valence-corrected chi connectivity index (χ2v) is 4.02. The van der Waals surface area contributed by atoms with Gasteiger partial charge < -0.3 is 14.8 Å². The first kappa shape index (κ1) is 15.8. The number of alkyl halides is 3. The van der Waals surface area contributed by atoms with Crippen molar-refractivity contribution >= 4 is 0 Å². The van der Waals surface area contributed by atoms with Crippen LogP contribution in [0.5, 0.6) is 5.75 Å². The highest BCUT2D eigenvalue weighted by molar-refractivity contribution is 5.27. The van der Waals surface area contributed by atoms with Crippen LogP contribution in [0.2, 0.25) is 0 Å². The van der Waals surface area contributed by atoms with E-state index in [0.29, 0.717) is 13.1 Å². The van der Waals surface area contributed by atoms with E-state index in [-0.39, 0.29) is 6.61 Å². The lowest BCUT2D eigenvalue weighted by Gasteiger charge is -2.08. The summed E-state index contributed by atoms with van der Waals surface area (Å²) in [7, 11) is 1.61. The molecule has 0 heterocycles. The summed E-state index contributed by atoms with van der Waals surface area (Å²) in [4.78, 5) is 0. The van der Waals surface area contributed by atoms with E-state index < -0.39 is 12.8 Å². The zero-order chi connectivity index (χ0) is 14.1. The average Bonchev–Trinajstić information content (AvgIpc) is 2.37. The number of hydrogen-bond donors (Lipinski definition) is 1. The molecule has 0 bridgehead atoms. The fraction of sp³-hybridized carbons (Fsp3) is 0.538. The lowest BCUT2D eigenvalue weighted by Crippen LogP contribution is -2.25. The molecule has 1 N–H and O–H groups in total. The summed E-state index contributed by atoms with van der Waals surface area (Å²) in [5, 5.41) is 3.03. The van der Waals surface area contributed by atoms with Crippen molar-refractivity contribution in [2.75, 3.05) is 33.4 Å². The van der Waals surface area contributed by atoms with Crippen LogP contribution in [0.25, 0.3) is 0 Å². The summed E-state index contributed by atoms with van der Waals surface area (Å²) in [5.41, 5.74) is 1.14. The summed E-state index contributed by atoms with van der Waals surface area (Å²) in [5.74, 6) is 0.803. The third-order valence-corrected chi connectivity index (χ3v) is 2.44. The van der Waals surface area contributed by atoms with Crippen LogP contribution in [0.15, 0.2) is 24.3 Å². The van der Waals surface area contributed by atoms with Crippen molar-refractivity contribution in [1.29, 1.82) is 0 Å². The molecule has 1 rings (SSSR count). The predicted molar refractivity (Wildman–Crippen MR) is 66.4 cm³/mol. The summed E-state index contributed by atoms with van der Waals surface area (Å²) in [6.45, 7) is -0.0246. The Balaban J connectivity index is 2.04. The molecule has 0 saturated heterocycles. The van der Waals surface area contributed by atoms with Crippen molar-refractivity contribution in [3.8, 4) is 5.75 Å². The van der Waals surface area contributed by atoms with Gasteiger partial charge in [0.2, 0.25) is 0 Å². The minimum atomic E-state index is -4.25. The summed E-state index contributed by atoms with van der Waals surface area (Å²) >= 11 is 0. The molecule has 1 aromatic carbocycles. The maximum atomic E-state index is 11.8. The number of methoxy groups -OCH3 is 1. The van der Waals surface area contributed by atoms with Gasteiger partial charge in [0.25, 0.3) is 0 Å². The van der Waals surface area contributed by atoms with Crippen LogP contribution in [0.1, 0.15) is 5.56 Å². The molecule has 0 amide bonds. The summed E-state index contributed by atoms with van der Waals surface area (Å²) in [6.07, 6.45) is -3.44. The van der Waals surface area contributed by atoms with E-state index in [1.807, 2.05) is 24.3 Å². The number of hydrogen-bond acceptors (Lipinski definition) is 3. The Morgan fingerprint density at radius 3 is 2.37 bits per heavy atom. The first-order valence-electron chi connectivity index (χ1n) is 5.99. The fourth-order valence-corrected chi connectivity index (χ4v) is 1.48. The maximum Gasteiger partial charge on any atom is 0.411 e. The van der Waals surface area contributed by atoms with Gasteiger partial charge in [0.1, 0.15) is 12.4 Å². The molecule has 0 aliphatic carbocycles. The van der Waals surface area contributed by atoms with Gasteiger partial charge in [-0.2, -0.15) is 13.2 Å². The smallest absolute Gasteiger partial charge is 0.411 e. The molecule has 0 aliphatic heterocycles. The third kappa shape index (κ3) is 7.69. The molecule has 0 aliphatic rings. The van der Waals surface area contributed by atoms with Crippen LogP contribution >= 0.6 is 0 Å². The lowest BCUT2D eigenvalue weighted by atomic mass is 10.1. The lowest BCUT2D eigenvalue weighted by molar-refractivity contribution is -0.173. The minimum Gasteiger partial charge on any atom is -0.497 e. The number of nitrogens with one attached hydrogen (secondary N) is 1. The minimum absolute atomic E-state index is 0.0577. The van der Waals surface area contributed by atoms with Crippen molar-refractivity contribution in [3.05, 3.63) is 29.8 Å². The maximum absolute atomic E-state index is 11.8. The molecule has 3 nitrogen and oxygen atoms in total. The second kappa shape index (κ2) is 8.01. The van der Waals surface area contributed by atoms with Gasteiger partial charge >= 0.3 is 6.18 Å². The Hall–Kier alpha value is -1.27. The molecule has 0 radical (unpaired) electrons. The summed E-state index contributed by atoms with van der Waals surface area (Å²) < 4.78 is 44.8. The number of ether oxygens (including phenoxy) is 2. The molecular weight excluding hydrogens is 259 g/mol. The third-order valence-electron chi connectivity index (χ3n) is 2.44. The Morgan fingerprint density at radius 1 is 1.11 bits per heavy atom. The average molecular weight is 277 g/mol. The van der Waals surface area contributed by atoms with Gasteiger partial charge in [-0.25, -0.2) is 0 Å². The molecule has 0 atom stereocenters. The van der Waals surface area contributed by atoms with E-state index in [1.54, 1.807) is 7.11 Å². The van der Waals surface area contributed by atoms with Crippen molar-refractivity contribution in [3.63, 3.8) is 0 Å². The van der Waals surface area contributed by atoms with Crippen molar-refractivity contribution in [2.24, 2.45) is 0 Å². The highest BCUT2D eigenvalue weighted by Crippen LogP contribution is 2.14. The number of benzene rings is 1. The molecule has 0 unspecified atom stereocenters. The van der Waals surface area contributed by atoms with E-state index in [4.69, 9.17) is 4.74 Å². The monoisotopic (exact) mass is 277 g/mol. The number of halogens is 3. The normalized spacial score (nSPS) is 11.6. The van der Waals surface area contributed by atoms with Gasteiger partial charge in [-0.15, -0.1) is 0 Å². The predicted octanol–water partition coefficient (Wildman–Crippen LogP) is 2.41. The molecule has 1 aromatic rings. The zero-order valence-corrected chi connectivity index (χ0v) is 10.8. The van der Waals surface area contributed by atoms with Gasteiger partial charge in [0.05, 0.1) is 13.7 Å². The first-order valence-corrected chi connectivity index (χ1v) is 5.99. The quantitative estimate of drug-likeness (QED) is 0.740. The number of rotatable bonds is 8. The van der Waals surface area contributed by atoms with Gasteiger partial charge in [-0.1, -0.05) is 12.1 Å². The van der Waals surface area contributed by atoms with Crippen LogP contribution < -0.4 is 10.1 Å². The van der Waals surface area contributed by atoms with Gasteiger partial charge in [0, 0.05) is 6.54 Å². The van der Waals surface area contributed by atoms with E-state index in [1.165, 1.54) is 0 Å². The molecular formula is C13H18F3NO2. The van der Waals surface area contributed by atoms with E-state index in [9.17, 15) is 13.2 Å². The van der Waals surface area contributed by atoms with Crippen LogP contribution in [0, 0.1) is 0 Å². The molecule has 0 saturated carbocycles. The summed E-state index contributed by atoms with van der Waals surface area (Å²) in [6, 6.07) is 7.67. The standard InChI is InChI=1S/C13H18F3NO2/c1-18-12-4-2-11(3-5-12)6-7-17-8-9-19-10-13(14,15)16/h2-5,17H,6-10H2,1H3. The van der Waals surface area contributed by atoms with Crippen molar-refractivity contribution in [2.45, 2.75) is 12.6 Å². The van der Waals surface area contributed by atoms with Crippen molar-refractivity contribution < 1.29 is 22.6 Å². The highest BCUT2D eigenvalue weighted by Gasteiger charge is 2.27. The highest BCUT2D eigenvalue weighted by atomic mass is 19.4. The van der Waals surface area contributed by atoms with Gasteiger partial charge in [0.15, 0.2) is 0 Å². The largest absolute Gasteiger partial charge is 0.497 e. The van der Waals surface area contributed by atoms with Crippen LogP contribution in [0.3, 0.4) is 0 Å². The van der Waals surface area contributed by atoms with Crippen LogP contribution in [-0.2, 0) is 11.2 Å². The van der Waals surface area contributed by atoms with E-state index in [2.05, 4.69) is 10.1 Å². The molecule has 108 valence electrons. The Kier molecular flexibility index (Phi) is 6.66. The molecule has 19 heavy (non-hydrogen) atoms. The van der Waals surface area contributed by atoms with Gasteiger partial charge in [-0.05, 0) is 30.7 Å². The Labute approximate surface area is 110 Å².